The average molecular weight is 255 g/mol. The molecule has 0 aliphatic heterocycles. The Labute approximate surface area is 69.2 Å². The maximum atomic E-state index is 3.35. The Bertz CT molecular complexity index is 171. The quantitative estimate of drug-likeness (QED) is 0.721. The fourth-order valence-electron chi connectivity index (χ4n) is 0.387. The predicted octanol–water partition coefficient (Wildman–Crippen LogP) is 3.42. The van der Waals surface area contributed by atoms with E-state index in [9.17, 15) is 0 Å². The van der Waals surface area contributed by atoms with Gasteiger partial charge >= 0.3 is 0 Å². The number of hydrogen-bond donors (Lipinski definition) is 0. The normalized spacial score (nSPS) is 9.75. The van der Waals surface area contributed by atoms with E-state index in [0.717, 1.165) is 0 Å². The SMILES string of the molecule is Br[CH]c1ccc(Br)s1. The van der Waals surface area contributed by atoms with Crippen LogP contribution in [0.1, 0.15) is 4.88 Å². The Morgan fingerprint density at radius 3 is 2.50 bits per heavy atom. The summed E-state index contributed by atoms with van der Waals surface area (Å²) in [5.41, 5.74) is 0. The van der Waals surface area contributed by atoms with Crippen molar-refractivity contribution in [2.75, 3.05) is 0 Å². The number of thiophene rings is 1. The summed E-state index contributed by atoms with van der Waals surface area (Å²) in [4.78, 5) is 1.23. The molecule has 0 fully saturated rings. The van der Waals surface area contributed by atoms with Crippen molar-refractivity contribution in [2.45, 2.75) is 0 Å². The largest absolute Gasteiger partial charge is 0.132 e. The summed E-state index contributed by atoms with van der Waals surface area (Å²) in [6, 6.07) is 4.07. The molecule has 3 heteroatoms. The molecule has 0 N–H and O–H groups in total. The molecule has 1 aromatic rings. The monoisotopic (exact) mass is 253 g/mol. The van der Waals surface area contributed by atoms with Gasteiger partial charge in [0.1, 0.15) is 0 Å². The first kappa shape index (κ1) is 6.78. The third-order valence-electron chi connectivity index (χ3n) is 0.702. The van der Waals surface area contributed by atoms with Crippen LogP contribution in [-0.4, -0.2) is 0 Å². The van der Waals surface area contributed by atoms with Crippen LogP contribution >= 0.6 is 43.2 Å². The molecule has 0 spiro atoms. The van der Waals surface area contributed by atoms with E-state index < -0.39 is 0 Å². The van der Waals surface area contributed by atoms with Gasteiger partial charge in [0.2, 0.25) is 0 Å². The zero-order valence-electron chi connectivity index (χ0n) is 3.90. The van der Waals surface area contributed by atoms with E-state index in [1.807, 2.05) is 17.5 Å². The zero-order valence-corrected chi connectivity index (χ0v) is 7.88. The van der Waals surface area contributed by atoms with E-state index in [0.29, 0.717) is 0 Å². The van der Waals surface area contributed by atoms with Gasteiger partial charge in [-0.15, -0.1) is 11.3 Å². The van der Waals surface area contributed by atoms with Gasteiger partial charge in [-0.1, -0.05) is 15.9 Å². The summed E-state index contributed by atoms with van der Waals surface area (Å²) in [7, 11) is 0. The van der Waals surface area contributed by atoms with Crippen LogP contribution < -0.4 is 0 Å². The van der Waals surface area contributed by atoms with Gasteiger partial charge in [0.25, 0.3) is 0 Å². The third kappa shape index (κ3) is 1.57. The Hall–Kier alpha value is 0.660. The minimum Gasteiger partial charge on any atom is -0.132 e. The lowest BCUT2D eigenvalue weighted by molar-refractivity contribution is 1.85. The second-order valence-electron chi connectivity index (χ2n) is 1.25. The molecule has 0 atom stereocenters. The second-order valence-corrected chi connectivity index (χ2v) is 4.20. The summed E-state index contributed by atoms with van der Waals surface area (Å²) in [6.07, 6.45) is 0. The molecule has 0 nitrogen and oxygen atoms in total. The average Bonchev–Trinajstić information content (AvgIpc) is 2.14. The van der Waals surface area contributed by atoms with E-state index >= 15 is 0 Å². The zero-order chi connectivity index (χ0) is 5.98. The predicted molar refractivity (Wildman–Crippen MR) is 44.3 cm³/mol. The number of hydrogen-bond acceptors (Lipinski definition) is 1. The minimum atomic E-state index is 1.17. The highest BCUT2D eigenvalue weighted by molar-refractivity contribution is 9.11. The van der Waals surface area contributed by atoms with Gasteiger partial charge in [-0.05, 0) is 28.1 Å². The smallest absolute Gasteiger partial charge is 0.0701 e. The highest BCUT2D eigenvalue weighted by atomic mass is 79.9. The van der Waals surface area contributed by atoms with E-state index in [2.05, 4.69) is 31.9 Å². The molecule has 0 aromatic carbocycles. The van der Waals surface area contributed by atoms with E-state index in [1.165, 1.54) is 8.66 Å². The molecule has 1 radical (unpaired) electrons. The van der Waals surface area contributed by atoms with Crippen LogP contribution in [0.2, 0.25) is 0 Å². The molecule has 0 bridgehead atoms. The summed E-state index contributed by atoms with van der Waals surface area (Å²) < 4.78 is 1.17. The lowest BCUT2D eigenvalue weighted by atomic mass is 10.5. The highest BCUT2D eigenvalue weighted by Crippen LogP contribution is 2.24. The Balaban J connectivity index is 2.84. The van der Waals surface area contributed by atoms with Crippen molar-refractivity contribution in [2.24, 2.45) is 0 Å². The Morgan fingerprint density at radius 2 is 2.25 bits per heavy atom. The van der Waals surface area contributed by atoms with Gasteiger partial charge in [0.05, 0.1) is 9.12 Å². The molecule has 0 amide bonds. The van der Waals surface area contributed by atoms with Crippen LogP contribution in [0.5, 0.6) is 0 Å². The van der Waals surface area contributed by atoms with Crippen LogP contribution in [0.4, 0.5) is 0 Å². The molecule has 0 saturated heterocycles. The van der Waals surface area contributed by atoms with Crippen molar-refractivity contribution in [1.82, 2.24) is 0 Å². The van der Waals surface area contributed by atoms with Crippen molar-refractivity contribution in [3.05, 3.63) is 26.1 Å². The van der Waals surface area contributed by atoms with Crippen LogP contribution in [0.15, 0.2) is 15.9 Å². The van der Waals surface area contributed by atoms with Gasteiger partial charge in [0.15, 0.2) is 0 Å². The van der Waals surface area contributed by atoms with Crippen LogP contribution in [0.3, 0.4) is 0 Å². The summed E-state index contributed by atoms with van der Waals surface area (Å²) in [6.45, 7) is 0. The molecular formula is C5H3Br2S. The first-order chi connectivity index (χ1) is 3.83. The maximum absolute atomic E-state index is 3.35. The molecule has 0 aliphatic rings. The van der Waals surface area contributed by atoms with E-state index in [4.69, 9.17) is 0 Å². The van der Waals surface area contributed by atoms with Crippen molar-refractivity contribution in [3.63, 3.8) is 0 Å². The van der Waals surface area contributed by atoms with Gasteiger partial charge in [0, 0.05) is 4.88 Å². The Kier molecular flexibility index (Phi) is 2.53. The lowest BCUT2D eigenvalue weighted by Crippen LogP contribution is -1.53. The maximum Gasteiger partial charge on any atom is 0.0701 e. The van der Waals surface area contributed by atoms with Crippen molar-refractivity contribution >= 4 is 43.2 Å². The molecule has 0 unspecified atom stereocenters. The summed E-state index contributed by atoms with van der Waals surface area (Å²) in [5.74, 6) is 0. The number of rotatable bonds is 1. The summed E-state index contributed by atoms with van der Waals surface area (Å²) in [5, 5.41) is 1.91. The molecule has 8 heavy (non-hydrogen) atoms. The lowest BCUT2D eigenvalue weighted by Gasteiger charge is -1.77. The molecular weight excluding hydrogens is 252 g/mol. The van der Waals surface area contributed by atoms with Gasteiger partial charge in [-0.3, -0.25) is 0 Å². The summed E-state index contributed by atoms with van der Waals surface area (Å²) >= 11 is 8.29. The fourth-order valence-corrected chi connectivity index (χ4v) is 2.05. The van der Waals surface area contributed by atoms with Gasteiger partial charge in [-0.25, -0.2) is 0 Å². The van der Waals surface area contributed by atoms with E-state index in [-0.39, 0.29) is 0 Å². The van der Waals surface area contributed by atoms with Crippen LogP contribution in [0.25, 0.3) is 0 Å². The van der Waals surface area contributed by atoms with Crippen molar-refractivity contribution in [1.29, 1.82) is 0 Å². The molecule has 0 saturated carbocycles. The molecule has 1 rings (SSSR count). The Morgan fingerprint density at radius 1 is 1.50 bits per heavy atom. The van der Waals surface area contributed by atoms with Crippen molar-refractivity contribution < 1.29 is 0 Å². The fraction of sp³-hybridized carbons (Fsp3) is 0. The van der Waals surface area contributed by atoms with Gasteiger partial charge in [-0.2, -0.15) is 0 Å². The first-order valence-corrected chi connectivity index (χ1v) is 4.54. The third-order valence-corrected chi connectivity index (χ3v) is 3.07. The van der Waals surface area contributed by atoms with Crippen LogP contribution in [-0.2, 0) is 0 Å². The van der Waals surface area contributed by atoms with E-state index in [1.54, 1.807) is 11.3 Å². The van der Waals surface area contributed by atoms with Crippen molar-refractivity contribution in [3.8, 4) is 0 Å². The molecule has 43 valence electrons. The molecule has 0 aliphatic carbocycles. The minimum absolute atomic E-state index is 1.17. The second kappa shape index (κ2) is 2.99. The molecule has 1 heterocycles. The topological polar surface area (TPSA) is 0 Å². The van der Waals surface area contributed by atoms with Crippen LogP contribution in [0, 0.1) is 5.33 Å². The number of halogens is 2. The van der Waals surface area contributed by atoms with Gasteiger partial charge < -0.3 is 0 Å². The molecule has 1 aromatic heterocycles. The first-order valence-electron chi connectivity index (χ1n) is 2.01. The highest BCUT2D eigenvalue weighted by Gasteiger charge is 1.92. The standard InChI is InChI=1S/C5H3Br2S/c6-3-4-1-2-5(7)8-4/h1-3H.